The molecule has 9 nitrogen and oxygen atoms in total. The standard InChI is InChI=1S/C18H18N2O7/c1-3-14(22)19-10-5-6-13(21)16-11(7-10)17(25)12(18(26)27-4-2)8-20(16)9-15(23)24/h5-8H,3-4,9H2,1-2H3,(H,19,22)(H,23,24). The summed E-state index contributed by atoms with van der Waals surface area (Å²) < 4.78 is 5.85. The highest BCUT2D eigenvalue weighted by Crippen LogP contribution is 2.14. The number of nitrogens with zero attached hydrogens (tertiary/aromatic N) is 1. The molecule has 0 fully saturated rings. The fourth-order valence-electron chi connectivity index (χ4n) is 2.49. The van der Waals surface area contributed by atoms with Crippen molar-refractivity contribution in [2.75, 3.05) is 11.9 Å². The third-order valence-corrected chi connectivity index (χ3v) is 3.67. The Bertz CT molecular complexity index is 1040. The van der Waals surface area contributed by atoms with Crippen LogP contribution in [0, 0.1) is 0 Å². The van der Waals surface area contributed by atoms with Gasteiger partial charge in [0.05, 0.1) is 12.0 Å². The monoisotopic (exact) mass is 374 g/mol. The molecule has 9 heteroatoms. The first-order valence-electron chi connectivity index (χ1n) is 8.18. The molecular weight excluding hydrogens is 356 g/mol. The van der Waals surface area contributed by atoms with Crippen LogP contribution >= 0.6 is 0 Å². The van der Waals surface area contributed by atoms with Crippen molar-refractivity contribution in [2.24, 2.45) is 0 Å². The number of aliphatic carboxylic acids is 1. The van der Waals surface area contributed by atoms with Gasteiger partial charge in [0.25, 0.3) is 0 Å². The maximum atomic E-state index is 12.8. The number of hydrogen-bond donors (Lipinski definition) is 2. The number of fused-ring (bicyclic) bond motifs is 1. The van der Waals surface area contributed by atoms with E-state index in [1.165, 1.54) is 12.1 Å². The molecule has 0 bridgehead atoms. The van der Waals surface area contributed by atoms with Crippen molar-refractivity contribution in [3.05, 3.63) is 50.4 Å². The zero-order valence-corrected chi connectivity index (χ0v) is 14.8. The lowest BCUT2D eigenvalue weighted by atomic mass is 10.1. The summed E-state index contributed by atoms with van der Waals surface area (Å²) in [6.45, 7) is 2.57. The summed E-state index contributed by atoms with van der Waals surface area (Å²) in [5, 5.41) is 11.5. The molecule has 0 atom stereocenters. The highest BCUT2D eigenvalue weighted by atomic mass is 16.5. The Hall–Kier alpha value is -3.49. The van der Waals surface area contributed by atoms with Crippen LogP contribution in [0.1, 0.15) is 30.6 Å². The number of carboxylic acid groups (broad SMARTS) is 1. The molecule has 0 aliphatic heterocycles. The van der Waals surface area contributed by atoms with Crippen molar-refractivity contribution in [3.8, 4) is 0 Å². The van der Waals surface area contributed by atoms with Gasteiger partial charge in [-0.25, -0.2) is 4.79 Å². The van der Waals surface area contributed by atoms with Crippen molar-refractivity contribution in [2.45, 2.75) is 26.8 Å². The van der Waals surface area contributed by atoms with Crippen LogP contribution < -0.4 is 16.2 Å². The number of hydrogen-bond acceptors (Lipinski definition) is 6. The first kappa shape index (κ1) is 19.8. The predicted molar refractivity (Wildman–Crippen MR) is 97.0 cm³/mol. The van der Waals surface area contributed by atoms with Gasteiger partial charge in [-0.15, -0.1) is 0 Å². The summed E-state index contributed by atoms with van der Waals surface area (Å²) in [4.78, 5) is 60.1. The van der Waals surface area contributed by atoms with Crippen LogP contribution in [0.5, 0.6) is 0 Å². The molecule has 1 amide bonds. The molecule has 0 spiro atoms. The molecule has 0 unspecified atom stereocenters. The molecule has 1 aromatic heterocycles. The van der Waals surface area contributed by atoms with Gasteiger partial charge in [0.1, 0.15) is 17.6 Å². The zero-order chi connectivity index (χ0) is 20.1. The molecule has 2 aromatic rings. The number of carbonyl (C=O) groups is 3. The second kappa shape index (κ2) is 8.26. The summed E-state index contributed by atoms with van der Waals surface area (Å²) in [5.41, 5.74) is -1.83. The minimum Gasteiger partial charge on any atom is -0.480 e. The molecule has 0 saturated heterocycles. The van der Waals surface area contributed by atoms with E-state index < -0.39 is 34.9 Å². The Balaban J connectivity index is 2.89. The van der Waals surface area contributed by atoms with Crippen molar-refractivity contribution in [1.29, 1.82) is 0 Å². The Kier molecular flexibility index (Phi) is 6.07. The van der Waals surface area contributed by atoms with E-state index in [1.54, 1.807) is 13.8 Å². The summed E-state index contributed by atoms with van der Waals surface area (Å²) >= 11 is 0. The van der Waals surface area contributed by atoms with E-state index in [1.807, 2.05) is 0 Å². The van der Waals surface area contributed by atoms with Gasteiger partial charge >= 0.3 is 11.9 Å². The molecule has 2 rings (SSSR count). The lowest BCUT2D eigenvalue weighted by Crippen LogP contribution is -2.24. The van der Waals surface area contributed by atoms with Gasteiger partial charge in [0, 0.05) is 18.3 Å². The Morgan fingerprint density at radius 1 is 1.19 bits per heavy atom. The van der Waals surface area contributed by atoms with Crippen LogP contribution in [0.15, 0.2) is 34.0 Å². The summed E-state index contributed by atoms with van der Waals surface area (Å²) in [5.74, 6) is -2.53. The second-order valence-electron chi connectivity index (χ2n) is 5.58. The number of esters is 1. The van der Waals surface area contributed by atoms with Crippen molar-refractivity contribution >= 4 is 34.4 Å². The topological polar surface area (TPSA) is 132 Å². The minimum absolute atomic E-state index is 0.0163. The lowest BCUT2D eigenvalue weighted by Gasteiger charge is -2.09. The van der Waals surface area contributed by atoms with Crippen molar-refractivity contribution < 1.29 is 24.2 Å². The van der Waals surface area contributed by atoms with Crippen LogP contribution in [0.2, 0.25) is 0 Å². The fraction of sp³-hybridized carbons (Fsp3) is 0.278. The number of aromatic nitrogens is 1. The van der Waals surface area contributed by atoms with E-state index in [9.17, 15) is 24.0 Å². The van der Waals surface area contributed by atoms with Gasteiger partial charge < -0.3 is 19.7 Å². The van der Waals surface area contributed by atoms with E-state index in [0.29, 0.717) is 0 Å². The highest BCUT2D eigenvalue weighted by Gasteiger charge is 2.19. The minimum atomic E-state index is -1.26. The van der Waals surface area contributed by atoms with Crippen LogP contribution in [-0.4, -0.2) is 34.1 Å². The summed E-state index contributed by atoms with van der Waals surface area (Å²) in [6.07, 6.45) is 1.18. The van der Waals surface area contributed by atoms with Crippen molar-refractivity contribution in [3.63, 3.8) is 0 Å². The average molecular weight is 374 g/mol. The third-order valence-electron chi connectivity index (χ3n) is 3.67. The maximum Gasteiger partial charge on any atom is 0.343 e. The summed E-state index contributed by atoms with van der Waals surface area (Å²) in [7, 11) is 0. The van der Waals surface area contributed by atoms with Gasteiger partial charge in [-0.1, -0.05) is 6.92 Å². The van der Waals surface area contributed by atoms with Gasteiger partial charge in [-0.05, 0) is 25.1 Å². The van der Waals surface area contributed by atoms with E-state index in [-0.39, 0.29) is 35.5 Å². The number of anilines is 1. The number of amides is 1. The molecule has 1 heterocycles. The Labute approximate surface area is 153 Å². The fourth-order valence-corrected chi connectivity index (χ4v) is 2.49. The number of rotatable bonds is 6. The first-order valence-corrected chi connectivity index (χ1v) is 8.18. The number of carbonyl (C=O) groups excluding carboxylic acids is 2. The average Bonchev–Trinajstić information content (AvgIpc) is 2.77. The number of ether oxygens (including phenoxy) is 1. The largest absolute Gasteiger partial charge is 0.480 e. The number of carboxylic acids is 1. The zero-order valence-electron chi connectivity index (χ0n) is 14.8. The van der Waals surface area contributed by atoms with Gasteiger partial charge in [-0.3, -0.25) is 19.2 Å². The molecule has 1 aromatic carbocycles. The normalized spacial score (nSPS) is 10.4. The smallest absolute Gasteiger partial charge is 0.343 e. The van der Waals surface area contributed by atoms with E-state index in [0.717, 1.165) is 16.8 Å². The molecule has 0 aliphatic carbocycles. The Morgan fingerprint density at radius 3 is 2.48 bits per heavy atom. The maximum absolute atomic E-state index is 12.8. The molecule has 0 radical (unpaired) electrons. The van der Waals surface area contributed by atoms with Crippen LogP contribution in [0.3, 0.4) is 0 Å². The van der Waals surface area contributed by atoms with Gasteiger partial charge in [-0.2, -0.15) is 0 Å². The SMILES string of the molecule is CCOC(=O)c1cn(CC(=O)O)c2c(=O)ccc(NC(=O)CC)cc2c1=O. The second-order valence-corrected chi connectivity index (χ2v) is 5.58. The molecule has 142 valence electrons. The quantitative estimate of drug-likeness (QED) is 0.720. The molecule has 2 N–H and O–H groups in total. The van der Waals surface area contributed by atoms with Gasteiger partial charge in [0.2, 0.25) is 16.8 Å². The molecule has 27 heavy (non-hydrogen) atoms. The lowest BCUT2D eigenvalue weighted by molar-refractivity contribution is -0.137. The Morgan fingerprint density at radius 2 is 1.89 bits per heavy atom. The number of pyridine rings is 1. The van der Waals surface area contributed by atoms with Crippen molar-refractivity contribution in [1.82, 2.24) is 4.57 Å². The predicted octanol–water partition coefficient (Wildman–Crippen LogP) is 0.972. The van der Waals surface area contributed by atoms with E-state index >= 15 is 0 Å². The first-order chi connectivity index (χ1) is 12.8. The molecule has 0 saturated carbocycles. The number of nitrogens with one attached hydrogen (secondary N) is 1. The summed E-state index contributed by atoms with van der Waals surface area (Å²) in [6, 6.07) is 3.67. The van der Waals surface area contributed by atoms with Gasteiger partial charge in [0.15, 0.2) is 0 Å². The highest BCUT2D eigenvalue weighted by molar-refractivity contribution is 5.96. The van der Waals surface area contributed by atoms with E-state index in [2.05, 4.69) is 5.32 Å². The van der Waals surface area contributed by atoms with Crippen LogP contribution in [-0.2, 0) is 20.9 Å². The third kappa shape index (κ3) is 4.38. The van der Waals surface area contributed by atoms with E-state index in [4.69, 9.17) is 9.84 Å². The molecular formula is C18H18N2O7. The van der Waals surface area contributed by atoms with Crippen LogP contribution in [0.25, 0.3) is 10.9 Å². The van der Waals surface area contributed by atoms with Crippen LogP contribution in [0.4, 0.5) is 5.69 Å². The molecule has 0 aliphatic rings.